The third kappa shape index (κ3) is 5.22. The van der Waals surface area contributed by atoms with Gasteiger partial charge in [-0.15, -0.1) is 22.7 Å². The van der Waals surface area contributed by atoms with Crippen molar-refractivity contribution in [1.29, 1.82) is 0 Å². The molecule has 0 aliphatic heterocycles. The lowest BCUT2D eigenvalue weighted by molar-refractivity contribution is 0.669. The van der Waals surface area contributed by atoms with E-state index in [9.17, 15) is 0 Å². The Morgan fingerprint density at radius 2 is 0.912 bits per heavy atom. The Kier molecular flexibility index (Phi) is 7.24. The molecular formula is C51H29N3OS2. The van der Waals surface area contributed by atoms with E-state index in [1.807, 2.05) is 83.3 Å². The fraction of sp³-hybridized carbons (Fsp3) is 0. The predicted molar refractivity (Wildman–Crippen MR) is 240 cm³/mol. The van der Waals surface area contributed by atoms with E-state index in [4.69, 9.17) is 19.4 Å². The number of hydrogen-bond donors (Lipinski definition) is 0. The van der Waals surface area contributed by atoms with Crippen LogP contribution in [0.25, 0.3) is 119 Å². The van der Waals surface area contributed by atoms with E-state index in [1.54, 1.807) is 0 Å². The Morgan fingerprint density at radius 1 is 0.316 bits per heavy atom. The Labute approximate surface area is 335 Å². The smallest absolute Gasteiger partial charge is 0.164 e. The van der Waals surface area contributed by atoms with E-state index in [0.717, 1.165) is 38.6 Å². The maximum atomic E-state index is 6.26. The maximum absolute atomic E-state index is 6.26. The van der Waals surface area contributed by atoms with Gasteiger partial charge in [0.05, 0.1) is 0 Å². The predicted octanol–water partition coefficient (Wildman–Crippen LogP) is 14.8. The molecule has 8 aromatic carbocycles. The van der Waals surface area contributed by atoms with Crippen LogP contribution in [0.3, 0.4) is 0 Å². The molecule has 0 aliphatic rings. The lowest BCUT2D eigenvalue weighted by Gasteiger charge is -2.11. The van der Waals surface area contributed by atoms with Crippen molar-refractivity contribution in [1.82, 2.24) is 15.0 Å². The molecule has 0 bridgehead atoms. The van der Waals surface area contributed by atoms with Crippen LogP contribution in [0, 0.1) is 0 Å². The molecule has 0 radical (unpaired) electrons. The van der Waals surface area contributed by atoms with Crippen LogP contribution < -0.4 is 0 Å². The third-order valence-electron chi connectivity index (χ3n) is 10.9. The molecule has 12 aromatic rings. The molecule has 57 heavy (non-hydrogen) atoms. The number of aromatic nitrogens is 3. The number of thiophene rings is 2. The van der Waals surface area contributed by atoms with Gasteiger partial charge in [0.25, 0.3) is 0 Å². The Hall–Kier alpha value is -6.99. The highest BCUT2D eigenvalue weighted by atomic mass is 32.1. The van der Waals surface area contributed by atoms with E-state index in [1.165, 1.54) is 62.6 Å². The zero-order valence-corrected chi connectivity index (χ0v) is 31.9. The topological polar surface area (TPSA) is 51.8 Å². The summed E-state index contributed by atoms with van der Waals surface area (Å²) < 4.78 is 11.3. The Bertz CT molecular complexity index is 3530. The number of fused-ring (bicyclic) bond motifs is 9. The average molecular weight is 764 g/mol. The average Bonchev–Trinajstić information content (AvgIpc) is 3.97. The molecule has 0 saturated heterocycles. The van der Waals surface area contributed by atoms with Crippen LogP contribution in [0.5, 0.6) is 0 Å². The molecule has 4 heterocycles. The fourth-order valence-electron chi connectivity index (χ4n) is 8.36. The van der Waals surface area contributed by atoms with Crippen molar-refractivity contribution in [3.8, 4) is 56.4 Å². The van der Waals surface area contributed by atoms with Crippen molar-refractivity contribution < 1.29 is 4.42 Å². The van der Waals surface area contributed by atoms with Crippen LogP contribution in [-0.2, 0) is 0 Å². The number of nitrogens with zero attached hydrogens (tertiary/aromatic N) is 3. The first-order valence-corrected chi connectivity index (χ1v) is 20.6. The Morgan fingerprint density at radius 3 is 1.77 bits per heavy atom. The van der Waals surface area contributed by atoms with Crippen LogP contribution in [0.1, 0.15) is 0 Å². The molecule has 266 valence electrons. The van der Waals surface area contributed by atoms with Gasteiger partial charge in [-0.05, 0) is 64.7 Å². The zero-order chi connectivity index (χ0) is 37.5. The van der Waals surface area contributed by atoms with Gasteiger partial charge in [0.1, 0.15) is 11.2 Å². The molecule has 4 nitrogen and oxygen atoms in total. The lowest BCUT2D eigenvalue weighted by atomic mass is 9.93. The fourth-order valence-corrected chi connectivity index (χ4v) is 10.7. The summed E-state index contributed by atoms with van der Waals surface area (Å²) in [4.78, 5) is 15.4. The molecule has 0 N–H and O–H groups in total. The van der Waals surface area contributed by atoms with E-state index in [0.29, 0.717) is 17.5 Å². The van der Waals surface area contributed by atoms with Crippen LogP contribution in [0.2, 0.25) is 0 Å². The highest BCUT2D eigenvalue weighted by molar-refractivity contribution is 7.26. The molecule has 0 unspecified atom stereocenters. The van der Waals surface area contributed by atoms with Gasteiger partial charge in [-0.25, -0.2) is 15.0 Å². The van der Waals surface area contributed by atoms with Crippen molar-refractivity contribution in [2.75, 3.05) is 0 Å². The standard InChI is InChI=1S/C51H29N3OS2/c1-3-13-30(14-4-1)39-27-33(29-45-48(39)36-18-8-10-23-42(36)56-45)34-19-12-24-43-47(34)37-26-25-32(28-44(37)57-43)50-52-49(31-15-5-2-6-16-31)53-51(54-50)38-20-11-22-41-46(38)35-17-7-9-21-40(35)55-41/h1-29H. The number of para-hydroxylation sites is 1. The molecular weight excluding hydrogens is 735 g/mol. The molecule has 12 rings (SSSR count). The summed E-state index contributed by atoms with van der Waals surface area (Å²) in [5, 5.41) is 7.16. The second kappa shape index (κ2) is 12.8. The van der Waals surface area contributed by atoms with E-state index in [-0.39, 0.29) is 0 Å². The molecule has 0 amide bonds. The molecule has 0 spiro atoms. The Balaban J connectivity index is 1.04. The third-order valence-corrected chi connectivity index (χ3v) is 13.2. The van der Waals surface area contributed by atoms with Crippen LogP contribution in [0.15, 0.2) is 180 Å². The number of hydrogen-bond acceptors (Lipinski definition) is 6. The van der Waals surface area contributed by atoms with E-state index < -0.39 is 0 Å². The van der Waals surface area contributed by atoms with Gasteiger partial charge in [-0.3, -0.25) is 0 Å². The van der Waals surface area contributed by atoms with Gasteiger partial charge in [0.2, 0.25) is 0 Å². The van der Waals surface area contributed by atoms with Crippen molar-refractivity contribution in [3.05, 3.63) is 176 Å². The number of rotatable bonds is 5. The molecule has 0 aliphatic carbocycles. The largest absolute Gasteiger partial charge is 0.456 e. The van der Waals surface area contributed by atoms with Crippen LogP contribution >= 0.6 is 22.7 Å². The highest BCUT2D eigenvalue weighted by Gasteiger charge is 2.20. The quantitative estimate of drug-likeness (QED) is 0.175. The molecule has 0 fully saturated rings. The van der Waals surface area contributed by atoms with Gasteiger partial charge < -0.3 is 4.42 Å². The van der Waals surface area contributed by atoms with Crippen molar-refractivity contribution in [2.45, 2.75) is 0 Å². The molecule has 4 aromatic heterocycles. The monoisotopic (exact) mass is 763 g/mol. The maximum Gasteiger partial charge on any atom is 0.164 e. The molecule has 0 atom stereocenters. The van der Waals surface area contributed by atoms with Gasteiger partial charge in [-0.2, -0.15) is 0 Å². The van der Waals surface area contributed by atoms with E-state index >= 15 is 0 Å². The minimum atomic E-state index is 0.612. The van der Waals surface area contributed by atoms with Gasteiger partial charge >= 0.3 is 0 Å². The summed E-state index contributed by atoms with van der Waals surface area (Å²) in [7, 11) is 0. The second-order valence-electron chi connectivity index (χ2n) is 14.3. The first-order valence-electron chi connectivity index (χ1n) is 18.9. The molecule has 6 heteroatoms. The highest BCUT2D eigenvalue weighted by Crippen LogP contribution is 2.46. The minimum absolute atomic E-state index is 0.612. The van der Waals surface area contributed by atoms with Crippen molar-refractivity contribution >= 4 is 85.0 Å². The number of furan rings is 1. The van der Waals surface area contributed by atoms with Gasteiger partial charge in [-0.1, -0.05) is 133 Å². The molecule has 0 saturated carbocycles. The van der Waals surface area contributed by atoms with Gasteiger partial charge in [0, 0.05) is 67.8 Å². The minimum Gasteiger partial charge on any atom is -0.456 e. The summed E-state index contributed by atoms with van der Waals surface area (Å²) in [5.41, 5.74) is 9.38. The van der Waals surface area contributed by atoms with Gasteiger partial charge in [0.15, 0.2) is 17.5 Å². The van der Waals surface area contributed by atoms with Crippen LogP contribution in [-0.4, -0.2) is 15.0 Å². The summed E-state index contributed by atoms with van der Waals surface area (Å²) in [6.07, 6.45) is 0. The second-order valence-corrected chi connectivity index (χ2v) is 16.5. The summed E-state index contributed by atoms with van der Waals surface area (Å²) in [5.74, 6) is 1.87. The first-order chi connectivity index (χ1) is 28.2. The normalized spacial score (nSPS) is 11.9. The summed E-state index contributed by atoms with van der Waals surface area (Å²) in [6.45, 7) is 0. The SMILES string of the molecule is c1ccc(-c2nc(-c3ccc4c(c3)sc3cccc(-c5cc(-c6ccccc6)c6c(c5)sc5ccccc56)c34)nc(-c3cccc4oc5ccccc5c34)n2)cc1. The lowest BCUT2D eigenvalue weighted by Crippen LogP contribution is -2.00. The van der Waals surface area contributed by atoms with Crippen molar-refractivity contribution in [3.63, 3.8) is 0 Å². The number of benzene rings is 8. The first kappa shape index (κ1) is 32.3. The van der Waals surface area contributed by atoms with Crippen molar-refractivity contribution in [2.24, 2.45) is 0 Å². The summed E-state index contributed by atoms with van der Waals surface area (Å²) in [6, 6.07) is 62.1. The zero-order valence-electron chi connectivity index (χ0n) is 30.3. The van der Waals surface area contributed by atoms with E-state index in [2.05, 4.69) is 115 Å². The summed E-state index contributed by atoms with van der Waals surface area (Å²) >= 11 is 3.68. The van der Waals surface area contributed by atoms with Crippen LogP contribution in [0.4, 0.5) is 0 Å².